The zero-order chi connectivity index (χ0) is 22.5. The number of amides is 1. The van der Waals surface area contributed by atoms with E-state index in [0.717, 1.165) is 44.0 Å². The molecule has 0 saturated heterocycles. The third-order valence-corrected chi connectivity index (χ3v) is 6.64. The van der Waals surface area contributed by atoms with Crippen LogP contribution in [-0.4, -0.2) is 61.2 Å². The maximum atomic E-state index is 12.7. The molecule has 166 valence electrons. The van der Waals surface area contributed by atoms with Crippen molar-refractivity contribution in [2.45, 2.75) is 12.7 Å². The third kappa shape index (κ3) is 4.75. The topological polar surface area (TPSA) is 159 Å². The Labute approximate surface area is 191 Å². The standard InChI is InChI=1S/C18H19N9O3S2/c1-10-14(27(26-22-10)16-15(19)24-30-25-16)17(28)23-21-8-11-3-4-13(29-2)12(7-11)9-32-18-20-5-6-31-18/h3-4,7-8H,5-6,9H2,1-2H3,(H2,19,24)(H,23,28). The lowest BCUT2D eigenvalue weighted by molar-refractivity contribution is 0.0946. The Morgan fingerprint density at radius 3 is 3.06 bits per heavy atom. The highest BCUT2D eigenvalue weighted by Gasteiger charge is 2.22. The Hall–Kier alpha value is -3.39. The minimum absolute atomic E-state index is 0.0157. The van der Waals surface area contributed by atoms with Gasteiger partial charge in [-0.2, -0.15) is 9.78 Å². The first-order valence-electron chi connectivity index (χ1n) is 9.38. The van der Waals surface area contributed by atoms with E-state index in [1.165, 1.54) is 0 Å². The molecule has 14 heteroatoms. The average Bonchev–Trinajstić information content (AvgIpc) is 3.53. The summed E-state index contributed by atoms with van der Waals surface area (Å²) in [5.41, 5.74) is 10.5. The van der Waals surface area contributed by atoms with E-state index >= 15 is 0 Å². The number of thioether (sulfide) groups is 2. The molecule has 0 atom stereocenters. The zero-order valence-electron chi connectivity index (χ0n) is 17.2. The van der Waals surface area contributed by atoms with Crippen LogP contribution in [0.5, 0.6) is 5.75 Å². The van der Waals surface area contributed by atoms with Crippen LogP contribution in [0.1, 0.15) is 27.3 Å². The van der Waals surface area contributed by atoms with Gasteiger partial charge >= 0.3 is 0 Å². The number of carbonyl (C=O) groups excluding carboxylic acids is 1. The van der Waals surface area contributed by atoms with Gasteiger partial charge in [-0.1, -0.05) is 28.7 Å². The van der Waals surface area contributed by atoms with Gasteiger partial charge in [0, 0.05) is 17.1 Å². The molecule has 0 fully saturated rings. The lowest BCUT2D eigenvalue weighted by atomic mass is 10.1. The molecule has 0 radical (unpaired) electrons. The predicted octanol–water partition coefficient (Wildman–Crippen LogP) is 1.65. The molecule has 0 unspecified atom stereocenters. The molecular weight excluding hydrogens is 454 g/mol. The Balaban J connectivity index is 1.46. The first-order chi connectivity index (χ1) is 15.6. The number of nitrogens with zero attached hydrogens (tertiary/aromatic N) is 7. The van der Waals surface area contributed by atoms with Crippen LogP contribution < -0.4 is 15.9 Å². The van der Waals surface area contributed by atoms with Gasteiger partial charge in [-0.05, 0) is 41.0 Å². The maximum Gasteiger partial charge on any atom is 0.292 e. The number of nitrogens with two attached hydrogens (primary N) is 1. The van der Waals surface area contributed by atoms with Crippen LogP contribution in [0.3, 0.4) is 0 Å². The number of ether oxygens (including phenoxy) is 1. The summed E-state index contributed by atoms with van der Waals surface area (Å²) in [5.74, 6) is 2.05. The van der Waals surface area contributed by atoms with Crippen molar-refractivity contribution in [3.63, 3.8) is 0 Å². The number of methoxy groups -OCH3 is 1. The molecule has 4 rings (SSSR count). The lowest BCUT2D eigenvalue weighted by Gasteiger charge is -2.09. The summed E-state index contributed by atoms with van der Waals surface area (Å²) in [7, 11) is 1.63. The molecule has 1 aliphatic heterocycles. The monoisotopic (exact) mass is 473 g/mol. The number of aromatic nitrogens is 5. The fourth-order valence-corrected chi connectivity index (χ4v) is 4.84. The van der Waals surface area contributed by atoms with E-state index in [-0.39, 0.29) is 17.3 Å². The minimum atomic E-state index is -0.535. The molecule has 3 heterocycles. The molecule has 1 aromatic carbocycles. The van der Waals surface area contributed by atoms with Crippen molar-refractivity contribution in [2.24, 2.45) is 10.1 Å². The summed E-state index contributed by atoms with van der Waals surface area (Å²) < 4.78 is 12.3. The number of anilines is 1. The van der Waals surface area contributed by atoms with Crippen molar-refractivity contribution in [1.29, 1.82) is 0 Å². The molecule has 1 amide bonds. The van der Waals surface area contributed by atoms with Gasteiger partial charge < -0.3 is 10.5 Å². The number of hydrazone groups is 1. The quantitative estimate of drug-likeness (QED) is 0.381. The van der Waals surface area contributed by atoms with Gasteiger partial charge in [0.2, 0.25) is 11.6 Å². The van der Waals surface area contributed by atoms with Crippen LogP contribution in [0.4, 0.5) is 5.82 Å². The second-order valence-corrected chi connectivity index (χ2v) is 8.77. The first-order valence-corrected chi connectivity index (χ1v) is 11.3. The van der Waals surface area contributed by atoms with E-state index < -0.39 is 5.91 Å². The second-order valence-electron chi connectivity index (χ2n) is 6.46. The highest BCUT2D eigenvalue weighted by Crippen LogP contribution is 2.29. The van der Waals surface area contributed by atoms with E-state index in [1.807, 2.05) is 18.2 Å². The summed E-state index contributed by atoms with van der Waals surface area (Å²) >= 11 is 3.44. The molecule has 32 heavy (non-hydrogen) atoms. The molecule has 12 nitrogen and oxygen atoms in total. The SMILES string of the molecule is COc1ccc(C=NNC(=O)c2c(C)nnn2-c2nonc2N)cc1CSC1=NCCS1. The number of nitrogen functional groups attached to an aromatic ring is 1. The smallest absolute Gasteiger partial charge is 0.292 e. The first kappa shape index (κ1) is 21.8. The van der Waals surface area contributed by atoms with Crippen molar-refractivity contribution >= 4 is 45.8 Å². The number of aliphatic imine (C=N–C) groups is 1. The predicted molar refractivity (Wildman–Crippen MR) is 122 cm³/mol. The minimum Gasteiger partial charge on any atom is -0.496 e. The Kier molecular flexibility index (Phi) is 6.70. The van der Waals surface area contributed by atoms with Crippen molar-refractivity contribution in [1.82, 2.24) is 30.7 Å². The number of rotatable bonds is 7. The van der Waals surface area contributed by atoms with Crippen LogP contribution in [0.2, 0.25) is 0 Å². The van der Waals surface area contributed by atoms with Crippen LogP contribution in [-0.2, 0) is 5.75 Å². The number of hydrogen-bond donors (Lipinski definition) is 2. The molecule has 0 spiro atoms. The normalized spacial score (nSPS) is 13.5. The molecule has 2 aromatic heterocycles. The summed E-state index contributed by atoms with van der Waals surface area (Å²) in [5, 5.41) is 19.0. The van der Waals surface area contributed by atoms with Crippen molar-refractivity contribution in [3.8, 4) is 11.6 Å². The van der Waals surface area contributed by atoms with Crippen LogP contribution in [0.15, 0.2) is 32.9 Å². The Morgan fingerprint density at radius 1 is 1.47 bits per heavy atom. The van der Waals surface area contributed by atoms with Gasteiger partial charge in [-0.15, -0.1) is 5.10 Å². The molecule has 0 aliphatic carbocycles. The van der Waals surface area contributed by atoms with Crippen LogP contribution in [0.25, 0.3) is 5.82 Å². The highest BCUT2D eigenvalue weighted by molar-refractivity contribution is 8.38. The average molecular weight is 474 g/mol. The van der Waals surface area contributed by atoms with Gasteiger partial charge in [-0.25, -0.2) is 10.1 Å². The van der Waals surface area contributed by atoms with E-state index in [9.17, 15) is 4.79 Å². The molecule has 3 N–H and O–H groups in total. The van der Waals surface area contributed by atoms with Crippen LogP contribution >= 0.6 is 23.5 Å². The molecule has 0 saturated carbocycles. The third-order valence-electron chi connectivity index (χ3n) is 4.34. The largest absolute Gasteiger partial charge is 0.496 e. The van der Waals surface area contributed by atoms with Crippen molar-refractivity contribution in [3.05, 3.63) is 40.7 Å². The molecule has 1 aliphatic rings. The van der Waals surface area contributed by atoms with E-state index in [4.69, 9.17) is 10.5 Å². The van der Waals surface area contributed by atoms with E-state index in [1.54, 1.807) is 43.8 Å². The number of carbonyl (C=O) groups is 1. The van der Waals surface area contributed by atoms with E-state index in [0.29, 0.717) is 5.69 Å². The molecule has 3 aromatic rings. The fraction of sp³-hybridized carbons (Fsp3) is 0.278. The van der Waals surface area contributed by atoms with Gasteiger partial charge in [0.15, 0.2) is 5.69 Å². The fourth-order valence-electron chi connectivity index (χ4n) is 2.86. The second kappa shape index (κ2) is 9.82. The number of benzene rings is 1. The zero-order valence-corrected chi connectivity index (χ0v) is 18.8. The summed E-state index contributed by atoms with van der Waals surface area (Å²) in [4.78, 5) is 17.1. The number of nitrogens with one attached hydrogen (secondary N) is 1. The number of hydrogen-bond acceptors (Lipinski definition) is 12. The van der Waals surface area contributed by atoms with Gasteiger partial charge in [-0.3, -0.25) is 9.79 Å². The summed E-state index contributed by atoms with van der Waals surface area (Å²) in [6.07, 6.45) is 1.54. The summed E-state index contributed by atoms with van der Waals surface area (Å²) in [6.45, 7) is 2.50. The van der Waals surface area contributed by atoms with Crippen molar-refractivity contribution in [2.75, 3.05) is 25.1 Å². The Morgan fingerprint density at radius 2 is 2.34 bits per heavy atom. The highest BCUT2D eigenvalue weighted by atomic mass is 32.2. The van der Waals surface area contributed by atoms with Crippen LogP contribution in [0, 0.1) is 6.92 Å². The van der Waals surface area contributed by atoms with Gasteiger partial charge in [0.05, 0.1) is 25.6 Å². The maximum absolute atomic E-state index is 12.7. The van der Waals surface area contributed by atoms with E-state index in [2.05, 4.69) is 40.8 Å². The number of aryl methyl sites for hydroxylation is 1. The molecule has 0 bridgehead atoms. The lowest BCUT2D eigenvalue weighted by Crippen LogP contribution is -2.22. The Bertz CT molecular complexity index is 1190. The summed E-state index contributed by atoms with van der Waals surface area (Å²) in [6, 6.07) is 5.68. The molecular formula is C18H19N9O3S2. The van der Waals surface area contributed by atoms with Crippen molar-refractivity contribution < 1.29 is 14.2 Å². The van der Waals surface area contributed by atoms with Gasteiger partial charge in [0.1, 0.15) is 10.1 Å². The van der Waals surface area contributed by atoms with Gasteiger partial charge in [0.25, 0.3) is 5.91 Å².